The Balaban J connectivity index is 1.63. The van der Waals surface area contributed by atoms with Crippen LogP contribution in [-0.4, -0.2) is 41.7 Å². The number of hydrogen-bond donors (Lipinski definition) is 1. The number of likely N-dealkylation sites (N-methyl/N-ethyl adjacent to an activating group) is 1. The zero-order valence-electron chi connectivity index (χ0n) is 18.9. The highest BCUT2D eigenvalue weighted by Crippen LogP contribution is 2.35. The molecule has 1 aliphatic heterocycles. The number of aromatic nitrogens is 1. The second-order valence-corrected chi connectivity index (χ2v) is 8.46. The zero-order chi connectivity index (χ0) is 22.0. The number of carbonyl (C=O) groups excluding carboxylic acids is 1. The van der Waals surface area contributed by atoms with E-state index >= 15 is 0 Å². The Labute approximate surface area is 184 Å². The Hall–Kier alpha value is -2.92. The first-order chi connectivity index (χ1) is 15.0. The van der Waals surface area contributed by atoms with E-state index in [4.69, 9.17) is 9.72 Å². The van der Waals surface area contributed by atoms with Gasteiger partial charge in [-0.3, -0.25) is 9.88 Å². The van der Waals surface area contributed by atoms with Gasteiger partial charge in [0.25, 0.3) is 0 Å². The fourth-order valence-electron chi connectivity index (χ4n) is 4.49. The lowest BCUT2D eigenvalue weighted by atomic mass is 9.96. The number of rotatable bonds is 5. The van der Waals surface area contributed by atoms with E-state index in [0.29, 0.717) is 18.3 Å². The van der Waals surface area contributed by atoms with Gasteiger partial charge in [-0.05, 0) is 75.5 Å². The van der Waals surface area contributed by atoms with E-state index in [-0.39, 0.29) is 0 Å². The highest BCUT2D eigenvalue weighted by atomic mass is 16.6. The van der Waals surface area contributed by atoms with E-state index < -0.39 is 6.09 Å². The smallest absolute Gasteiger partial charge is 0.408 e. The van der Waals surface area contributed by atoms with E-state index in [9.17, 15) is 4.79 Å². The molecule has 0 radical (unpaired) electrons. The van der Waals surface area contributed by atoms with Crippen molar-refractivity contribution in [2.45, 2.75) is 46.6 Å². The quantitative estimate of drug-likeness (QED) is 0.604. The average Bonchev–Trinajstić information content (AvgIpc) is 3.22. The molecular weight excluding hydrogens is 386 g/mol. The fourth-order valence-corrected chi connectivity index (χ4v) is 4.49. The van der Waals surface area contributed by atoms with Crippen LogP contribution in [0.15, 0.2) is 42.6 Å². The van der Waals surface area contributed by atoms with Crippen molar-refractivity contribution < 1.29 is 9.53 Å². The number of carbonyl (C=O) groups is 1. The topological polar surface area (TPSA) is 54.5 Å². The Morgan fingerprint density at radius 1 is 1.13 bits per heavy atom. The molecule has 1 fully saturated rings. The van der Waals surface area contributed by atoms with Crippen molar-refractivity contribution in [1.82, 2.24) is 15.2 Å². The van der Waals surface area contributed by atoms with Gasteiger partial charge in [-0.2, -0.15) is 0 Å². The molecule has 1 aromatic heterocycles. The Morgan fingerprint density at radius 3 is 2.61 bits per heavy atom. The van der Waals surface area contributed by atoms with Gasteiger partial charge in [0.2, 0.25) is 0 Å². The van der Waals surface area contributed by atoms with Crippen LogP contribution < -0.4 is 10.1 Å². The molecule has 31 heavy (non-hydrogen) atoms. The average molecular weight is 418 g/mol. The van der Waals surface area contributed by atoms with E-state index in [2.05, 4.69) is 62.2 Å². The standard InChI is InChI=1S/C26H31N3O2/c1-5-29-12-8-10-20(29)15-28-26(30)31-24-16-27-25(21-11-7-6-9-17(21)2)23-14-19(4)18(3)13-22(23)24/h6-7,9,11,13-14,16,20H,5,8,10,12,15H2,1-4H3,(H,28,30). The summed E-state index contributed by atoms with van der Waals surface area (Å²) in [7, 11) is 0. The van der Waals surface area contributed by atoms with Crippen molar-refractivity contribution in [3.63, 3.8) is 0 Å². The van der Waals surface area contributed by atoms with Crippen LogP contribution in [0.3, 0.4) is 0 Å². The van der Waals surface area contributed by atoms with Crippen LogP contribution in [-0.2, 0) is 0 Å². The van der Waals surface area contributed by atoms with Crippen molar-refractivity contribution in [3.8, 4) is 17.0 Å². The van der Waals surface area contributed by atoms with Gasteiger partial charge in [-0.25, -0.2) is 4.79 Å². The van der Waals surface area contributed by atoms with E-state index in [1.807, 2.05) is 12.1 Å². The Kier molecular flexibility index (Phi) is 6.23. The summed E-state index contributed by atoms with van der Waals surface area (Å²) in [5.74, 6) is 0.492. The predicted octanol–water partition coefficient (Wildman–Crippen LogP) is 5.40. The maximum absolute atomic E-state index is 12.6. The van der Waals surface area contributed by atoms with Gasteiger partial charge in [0.15, 0.2) is 5.75 Å². The van der Waals surface area contributed by atoms with Crippen LogP contribution >= 0.6 is 0 Å². The van der Waals surface area contributed by atoms with Crippen LogP contribution in [0.1, 0.15) is 36.5 Å². The third-order valence-electron chi connectivity index (χ3n) is 6.46. The molecular formula is C26H31N3O2. The van der Waals surface area contributed by atoms with Crippen molar-refractivity contribution >= 4 is 16.9 Å². The van der Waals surface area contributed by atoms with Gasteiger partial charge >= 0.3 is 6.09 Å². The maximum Gasteiger partial charge on any atom is 0.412 e. The minimum atomic E-state index is -0.423. The summed E-state index contributed by atoms with van der Waals surface area (Å²) in [5.41, 5.74) is 5.51. The molecule has 1 atom stereocenters. The first kappa shape index (κ1) is 21.3. The Bertz CT molecular complexity index is 1110. The van der Waals surface area contributed by atoms with E-state index in [0.717, 1.165) is 52.7 Å². The summed E-state index contributed by atoms with van der Waals surface area (Å²) in [5, 5.41) is 4.85. The molecule has 3 aromatic rings. The van der Waals surface area contributed by atoms with Crippen molar-refractivity contribution in [1.29, 1.82) is 0 Å². The van der Waals surface area contributed by atoms with E-state index in [1.165, 1.54) is 12.0 Å². The summed E-state index contributed by atoms with van der Waals surface area (Å²) in [6, 6.07) is 12.8. The molecule has 1 saturated heterocycles. The van der Waals surface area contributed by atoms with Crippen LogP contribution in [0.25, 0.3) is 22.0 Å². The highest BCUT2D eigenvalue weighted by molar-refractivity contribution is 6.00. The van der Waals surface area contributed by atoms with Crippen molar-refractivity contribution in [3.05, 3.63) is 59.3 Å². The number of benzene rings is 2. The second-order valence-electron chi connectivity index (χ2n) is 8.46. The number of amides is 1. The second kappa shape index (κ2) is 9.06. The normalized spacial score (nSPS) is 16.6. The Morgan fingerprint density at radius 2 is 1.87 bits per heavy atom. The van der Waals surface area contributed by atoms with Gasteiger partial charge in [0, 0.05) is 28.9 Å². The lowest BCUT2D eigenvalue weighted by molar-refractivity contribution is 0.193. The highest BCUT2D eigenvalue weighted by Gasteiger charge is 2.23. The SMILES string of the molecule is CCN1CCCC1CNC(=O)Oc1cnc(-c2ccccc2C)c2cc(C)c(C)cc12. The molecule has 0 saturated carbocycles. The first-order valence-corrected chi connectivity index (χ1v) is 11.1. The third kappa shape index (κ3) is 4.42. The summed E-state index contributed by atoms with van der Waals surface area (Å²) in [6.07, 6.45) is 3.55. The molecule has 1 N–H and O–H groups in total. The number of pyridine rings is 1. The maximum atomic E-state index is 12.6. The lowest BCUT2D eigenvalue weighted by Gasteiger charge is -2.22. The first-order valence-electron chi connectivity index (χ1n) is 11.1. The molecule has 2 aromatic carbocycles. The molecule has 5 heteroatoms. The summed E-state index contributed by atoms with van der Waals surface area (Å²) >= 11 is 0. The monoisotopic (exact) mass is 417 g/mol. The molecule has 1 amide bonds. The van der Waals surface area contributed by atoms with Gasteiger partial charge in [-0.15, -0.1) is 0 Å². The van der Waals surface area contributed by atoms with Crippen molar-refractivity contribution in [2.24, 2.45) is 0 Å². The van der Waals surface area contributed by atoms with Gasteiger partial charge in [0.05, 0.1) is 11.9 Å². The minimum Gasteiger partial charge on any atom is -0.408 e. The van der Waals surface area contributed by atoms with E-state index in [1.54, 1.807) is 6.20 Å². The predicted molar refractivity (Wildman–Crippen MR) is 126 cm³/mol. The third-order valence-corrected chi connectivity index (χ3v) is 6.46. The van der Waals surface area contributed by atoms with Gasteiger partial charge < -0.3 is 10.1 Å². The summed E-state index contributed by atoms with van der Waals surface area (Å²) in [4.78, 5) is 19.7. The van der Waals surface area contributed by atoms with Crippen LogP contribution in [0, 0.1) is 20.8 Å². The molecule has 2 heterocycles. The minimum absolute atomic E-state index is 0.390. The van der Waals surface area contributed by atoms with Crippen LogP contribution in [0.5, 0.6) is 5.75 Å². The molecule has 0 spiro atoms. The number of nitrogens with one attached hydrogen (secondary N) is 1. The number of fused-ring (bicyclic) bond motifs is 1. The molecule has 1 unspecified atom stereocenters. The molecule has 5 nitrogen and oxygen atoms in total. The number of nitrogens with zero attached hydrogens (tertiary/aromatic N) is 2. The van der Waals surface area contributed by atoms with Gasteiger partial charge in [-0.1, -0.05) is 31.2 Å². The number of hydrogen-bond acceptors (Lipinski definition) is 4. The molecule has 1 aliphatic rings. The zero-order valence-corrected chi connectivity index (χ0v) is 18.9. The van der Waals surface area contributed by atoms with Crippen LogP contribution in [0.4, 0.5) is 4.79 Å². The number of likely N-dealkylation sites (tertiary alicyclic amines) is 1. The molecule has 162 valence electrons. The summed E-state index contributed by atoms with van der Waals surface area (Å²) in [6.45, 7) is 11.1. The molecule has 4 rings (SSSR count). The molecule has 0 aliphatic carbocycles. The largest absolute Gasteiger partial charge is 0.412 e. The lowest BCUT2D eigenvalue weighted by Crippen LogP contribution is -2.41. The fraction of sp³-hybridized carbons (Fsp3) is 0.385. The number of ether oxygens (including phenoxy) is 1. The number of aryl methyl sites for hydroxylation is 3. The van der Waals surface area contributed by atoms with Crippen LogP contribution in [0.2, 0.25) is 0 Å². The van der Waals surface area contributed by atoms with Crippen molar-refractivity contribution in [2.75, 3.05) is 19.6 Å². The summed E-state index contributed by atoms with van der Waals surface area (Å²) < 4.78 is 5.74. The van der Waals surface area contributed by atoms with Gasteiger partial charge in [0.1, 0.15) is 0 Å². The molecule has 0 bridgehead atoms.